The van der Waals surface area contributed by atoms with Crippen LogP contribution in [0.2, 0.25) is 0 Å². The van der Waals surface area contributed by atoms with Gasteiger partial charge in [0, 0.05) is 29.2 Å². The molecule has 0 atom stereocenters. The summed E-state index contributed by atoms with van der Waals surface area (Å²) < 4.78 is 65.2. The standard InChI is InChI=1S/C13H11F5N2/c1-3-19-11-6(2)12(13(16,17)18)20-10-5-9(15)8(14)4-7(10)11/h4-5H,3H2,1-2H3,(H,19,20). The Labute approximate surface area is 111 Å². The Bertz CT molecular complexity index is 664. The van der Waals surface area contributed by atoms with Crippen molar-refractivity contribution in [1.82, 2.24) is 4.98 Å². The molecule has 0 amide bonds. The molecule has 20 heavy (non-hydrogen) atoms. The third kappa shape index (κ3) is 2.39. The van der Waals surface area contributed by atoms with E-state index in [9.17, 15) is 22.0 Å². The molecule has 0 aliphatic heterocycles. The first-order chi connectivity index (χ1) is 9.25. The maximum atomic E-state index is 13.3. The summed E-state index contributed by atoms with van der Waals surface area (Å²) in [7, 11) is 0. The first-order valence-corrected chi connectivity index (χ1v) is 5.86. The first kappa shape index (κ1) is 14.5. The van der Waals surface area contributed by atoms with Gasteiger partial charge in [0.15, 0.2) is 11.6 Å². The van der Waals surface area contributed by atoms with Crippen LogP contribution in [0.15, 0.2) is 12.1 Å². The summed E-state index contributed by atoms with van der Waals surface area (Å²) in [6.07, 6.45) is -4.66. The zero-order valence-electron chi connectivity index (χ0n) is 10.7. The van der Waals surface area contributed by atoms with E-state index in [1.165, 1.54) is 6.92 Å². The van der Waals surface area contributed by atoms with E-state index < -0.39 is 23.5 Å². The first-order valence-electron chi connectivity index (χ1n) is 5.86. The number of aromatic nitrogens is 1. The molecule has 1 heterocycles. The largest absolute Gasteiger partial charge is 0.433 e. The van der Waals surface area contributed by atoms with E-state index >= 15 is 0 Å². The lowest BCUT2D eigenvalue weighted by Crippen LogP contribution is -2.13. The summed E-state index contributed by atoms with van der Waals surface area (Å²) in [5, 5.41) is 2.87. The van der Waals surface area contributed by atoms with Gasteiger partial charge in [0.1, 0.15) is 5.69 Å². The molecule has 0 aliphatic carbocycles. The van der Waals surface area contributed by atoms with Crippen molar-refractivity contribution in [3.8, 4) is 0 Å². The Kier molecular flexibility index (Phi) is 3.54. The molecule has 0 radical (unpaired) electrons. The van der Waals surface area contributed by atoms with E-state index in [4.69, 9.17) is 0 Å². The van der Waals surface area contributed by atoms with Crippen LogP contribution in [0.1, 0.15) is 18.2 Å². The Hall–Kier alpha value is -1.92. The van der Waals surface area contributed by atoms with Crippen molar-refractivity contribution in [2.45, 2.75) is 20.0 Å². The maximum absolute atomic E-state index is 13.3. The van der Waals surface area contributed by atoms with Crippen molar-refractivity contribution in [1.29, 1.82) is 0 Å². The zero-order valence-corrected chi connectivity index (χ0v) is 10.7. The molecule has 0 unspecified atom stereocenters. The monoisotopic (exact) mass is 290 g/mol. The lowest BCUT2D eigenvalue weighted by Gasteiger charge is -2.17. The van der Waals surface area contributed by atoms with E-state index in [2.05, 4.69) is 10.3 Å². The second kappa shape index (κ2) is 4.88. The summed E-state index contributed by atoms with van der Waals surface area (Å²) in [6, 6.07) is 1.52. The van der Waals surface area contributed by atoms with Crippen LogP contribution in [-0.4, -0.2) is 11.5 Å². The van der Waals surface area contributed by atoms with Crippen LogP contribution in [0, 0.1) is 18.6 Å². The van der Waals surface area contributed by atoms with E-state index in [1.54, 1.807) is 6.92 Å². The Morgan fingerprint density at radius 3 is 2.30 bits per heavy atom. The summed E-state index contributed by atoms with van der Waals surface area (Å²) in [4.78, 5) is 3.42. The number of pyridine rings is 1. The molecule has 0 aliphatic rings. The summed E-state index contributed by atoms with van der Waals surface area (Å²) in [5.74, 6) is -2.36. The highest BCUT2D eigenvalue weighted by Gasteiger charge is 2.36. The number of benzene rings is 1. The molecular formula is C13H11F5N2. The van der Waals surface area contributed by atoms with Gasteiger partial charge in [-0.3, -0.25) is 0 Å². The second-order valence-corrected chi connectivity index (χ2v) is 4.27. The van der Waals surface area contributed by atoms with Crippen LogP contribution in [0.4, 0.5) is 27.6 Å². The normalized spacial score (nSPS) is 11.9. The summed E-state index contributed by atoms with van der Waals surface area (Å²) in [5.41, 5.74) is -1.37. The molecule has 2 nitrogen and oxygen atoms in total. The van der Waals surface area contributed by atoms with Crippen LogP contribution in [0.5, 0.6) is 0 Å². The van der Waals surface area contributed by atoms with Gasteiger partial charge in [-0.25, -0.2) is 13.8 Å². The van der Waals surface area contributed by atoms with E-state index in [0.717, 1.165) is 6.07 Å². The summed E-state index contributed by atoms with van der Waals surface area (Å²) >= 11 is 0. The number of anilines is 1. The molecule has 1 aromatic heterocycles. The van der Waals surface area contributed by atoms with Gasteiger partial charge in [-0.1, -0.05) is 0 Å². The lowest BCUT2D eigenvalue weighted by molar-refractivity contribution is -0.141. The van der Waals surface area contributed by atoms with Crippen LogP contribution < -0.4 is 5.32 Å². The Balaban J connectivity index is 2.87. The average molecular weight is 290 g/mol. The molecule has 108 valence electrons. The van der Waals surface area contributed by atoms with Crippen LogP contribution >= 0.6 is 0 Å². The number of fused-ring (bicyclic) bond motifs is 1. The highest BCUT2D eigenvalue weighted by molar-refractivity contribution is 5.93. The topological polar surface area (TPSA) is 24.9 Å². The number of alkyl halides is 3. The fraction of sp³-hybridized carbons (Fsp3) is 0.308. The van der Waals surface area contributed by atoms with Crippen LogP contribution in [-0.2, 0) is 6.18 Å². The fourth-order valence-electron chi connectivity index (χ4n) is 2.03. The molecule has 0 fully saturated rings. The van der Waals surface area contributed by atoms with Crippen molar-refractivity contribution < 1.29 is 22.0 Å². The van der Waals surface area contributed by atoms with E-state index in [0.29, 0.717) is 12.6 Å². The van der Waals surface area contributed by atoms with E-state index in [-0.39, 0.29) is 22.2 Å². The highest BCUT2D eigenvalue weighted by atomic mass is 19.4. The third-order valence-electron chi connectivity index (χ3n) is 2.89. The van der Waals surface area contributed by atoms with E-state index in [1.807, 2.05) is 0 Å². The minimum absolute atomic E-state index is 0.115. The quantitative estimate of drug-likeness (QED) is 0.835. The maximum Gasteiger partial charge on any atom is 0.433 e. The SMILES string of the molecule is CCNc1c(C)c(C(F)(F)F)nc2cc(F)c(F)cc12. The van der Waals surface area contributed by atoms with Crippen molar-refractivity contribution in [3.63, 3.8) is 0 Å². The van der Waals surface area contributed by atoms with Crippen molar-refractivity contribution in [3.05, 3.63) is 35.0 Å². The Morgan fingerprint density at radius 2 is 1.75 bits per heavy atom. The van der Waals surface area contributed by atoms with Crippen molar-refractivity contribution >= 4 is 16.6 Å². The average Bonchev–Trinajstić information content (AvgIpc) is 2.33. The molecule has 2 rings (SSSR count). The molecule has 1 N–H and O–H groups in total. The molecular weight excluding hydrogens is 279 g/mol. The second-order valence-electron chi connectivity index (χ2n) is 4.27. The number of hydrogen-bond donors (Lipinski definition) is 1. The van der Waals surface area contributed by atoms with Crippen molar-refractivity contribution in [2.24, 2.45) is 0 Å². The van der Waals surface area contributed by atoms with Crippen LogP contribution in [0.3, 0.4) is 0 Å². The number of nitrogens with zero attached hydrogens (tertiary/aromatic N) is 1. The molecule has 1 aromatic carbocycles. The number of rotatable bonds is 2. The third-order valence-corrected chi connectivity index (χ3v) is 2.89. The van der Waals surface area contributed by atoms with Gasteiger partial charge >= 0.3 is 6.18 Å². The number of hydrogen-bond acceptors (Lipinski definition) is 2. The van der Waals surface area contributed by atoms with Gasteiger partial charge in [-0.2, -0.15) is 13.2 Å². The lowest BCUT2D eigenvalue weighted by atomic mass is 10.1. The molecule has 7 heteroatoms. The van der Waals surface area contributed by atoms with Gasteiger partial charge in [0.2, 0.25) is 0 Å². The number of nitrogens with one attached hydrogen (secondary N) is 1. The van der Waals surface area contributed by atoms with Crippen molar-refractivity contribution in [2.75, 3.05) is 11.9 Å². The van der Waals surface area contributed by atoms with Gasteiger partial charge in [-0.15, -0.1) is 0 Å². The predicted octanol–water partition coefficient (Wildman–Crippen LogP) is 4.27. The molecule has 2 aromatic rings. The van der Waals surface area contributed by atoms with Gasteiger partial charge in [0.05, 0.1) is 5.52 Å². The highest BCUT2D eigenvalue weighted by Crippen LogP contribution is 2.37. The molecule has 0 saturated heterocycles. The van der Waals surface area contributed by atoms with Gasteiger partial charge < -0.3 is 5.32 Å². The predicted molar refractivity (Wildman–Crippen MR) is 65.6 cm³/mol. The smallest absolute Gasteiger partial charge is 0.385 e. The Morgan fingerprint density at radius 1 is 1.15 bits per heavy atom. The van der Waals surface area contributed by atoms with Crippen LogP contribution in [0.25, 0.3) is 10.9 Å². The van der Waals surface area contributed by atoms with Gasteiger partial charge in [-0.05, 0) is 19.9 Å². The number of halogens is 5. The minimum atomic E-state index is -4.66. The fourth-order valence-corrected chi connectivity index (χ4v) is 2.03. The van der Waals surface area contributed by atoms with Gasteiger partial charge in [0.25, 0.3) is 0 Å². The molecule has 0 bridgehead atoms. The minimum Gasteiger partial charge on any atom is -0.385 e. The summed E-state index contributed by atoms with van der Waals surface area (Å²) in [6.45, 7) is 3.28. The zero-order chi connectivity index (χ0) is 15.1. The molecule has 0 saturated carbocycles. The molecule has 0 spiro atoms.